The second-order valence-corrected chi connectivity index (χ2v) is 7.72. The molecule has 0 aliphatic carbocycles. The molecule has 0 amide bonds. The summed E-state index contributed by atoms with van der Waals surface area (Å²) < 4.78 is 28.2. The monoisotopic (exact) mass is 345 g/mol. The van der Waals surface area contributed by atoms with Crippen LogP contribution in [0.1, 0.15) is 76.8 Å². The summed E-state index contributed by atoms with van der Waals surface area (Å²) in [7, 11) is -3.67. The van der Waals surface area contributed by atoms with E-state index in [1.807, 2.05) is 0 Å². The van der Waals surface area contributed by atoms with E-state index >= 15 is 0 Å². The van der Waals surface area contributed by atoms with Crippen molar-refractivity contribution in [1.29, 1.82) is 0 Å². The molecule has 0 aromatic carbocycles. The lowest BCUT2D eigenvalue weighted by Gasteiger charge is -2.06. The third-order valence-corrected chi connectivity index (χ3v) is 3.81. The number of hydrogen-bond donors (Lipinski definition) is 1. The van der Waals surface area contributed by atoms with E-state index in [9.17, 15) is 8.42 Å². The van der Waals surface area contributed by atoms with Gasteiger partial charge in [0.1, 0.15) is 0 Å². The smallest absolute Gasteiger partial charge is 0.261 e. The maximum absolute atomic E-state index is 9.19. The van der Waals surface area contributed by atoms with Crippen LogP contribution in [0, 0.1) is 6.92 Å². The molecule has 1 heterocycles. The van der Waals surface area contributed by atoms with Crippen molar-refractivity contribution >= 4 is 10.1 Å². The fraction of sp³-hybridized carbons (Fsp3) is 0.778. The zero-order valence-corrected chi connectivity index (χ0v) is 15.9. The summed E-state index contributed by atoms with van der Waals surface area (Å²) >= 11 is 0. The number of aromatic nitrogens is 1. The molecule has 1 rings (SSSR count). The van der Waals surface area contributed by atoms with Crippen LogP contribution >= 0.6 is 0 Å². The molecule has 0 aliphatic heterocycles. The summed E-state index contributed by atoms with van der Waals surface area (Å²) in [6.07, 6.45) is 17.1. The summed E-state index contributed by atoms with van der Waals surface area (Å²) in [5.74, 6) is 0. The number of hydrogen-bond acceptors (Lipinski definition) is 2. The highest BCUT2D eigenvalue weighted by Crippen LogP contribution is 2.11. The molecule has 0 saturated carbocycles. The van der Waals surface area contributed by atoms with Gasteiger partial charge in [-0.15, -0.1) is 0 Å². The highest BCUT2D eigenvalue weighted by Gasteiger charge is 1.95. The minimum absolute atomic E-state index is 0.715. The first kappa shape index (κ1) is 22.2. The lowest BCUT2D eigenvalue weighted by atomic mass is 10.1. The Labute approximate surface area is 143 Å². The van der Waals surface area contributed by atoms with Gasteiger partial charge in [-0.3, -0.25) is 4.55 Å². The van der Waals surface area contributed by atoms with E-state index in [1.54, 1.807) is 0 Å². The molecule has 0 unspecified atom stereocenters. The van der Waals surface area contributed by atoms with Gasteiger partial charge in [0.2, 0.25) is 0 Å². The molecular weight excluding hydrogens is 310 g/mol. The van der Waals surface area contributed by atoms with Crippen LogP contribution in [0.15, 0.2) is 18.3 Å². The van der Waals surface area contributed by atoms with Gasteiger partial charge in [0.05, 0.1) is 6.26 Å². The third-order valence-electron chi connectivity index (χ3n) is 3.81. The van der Waals surface area contributed by atoms with E-state index in [1.165, 1.54) is 76.4 Å². The molecule has 23 heavy (non-hydrogen) atoms. The summed E-state index contributed by atoms with van der Waals surface area (Å²) in [6.45, 7) is 5.68. The summed E-state index contributed by atoms with van der Waals surface area (Å²) in [5.41, 5.74) is 1.39. The van der Waals surface area contributed by atoms with Gasteiger partial charge in [0.25, 0.3) is 10.1 Å². The van der Waals surface area contributed by atoms with Gasteiger partial charge >= 0.3 is 0 Å². The zero-order chi connectivity index (χ0) is 17.6. The Hall–Kier alpha value is -0.810. The molecule has 136 valence electrons. The molecule has 0 atom stereocenters. The molecule has 0 saturated heterocycles. The van der Waals surface area contributed by atoms with Crippen molar-refractivity contribution in [3.8, 4) is 0 Å². The molecule has 0 radical (unpaired) electrons. The van der Waals surface area contributed by atoms with E-state index in [0.29, 0.717) is 6.26 Å². The average Bonchev–Trinajstić information content (AvgIpc) is 2.85. The maximum Gasteiger partial charge on any atom is 0.261 e. The number of unbranched alkanes of at least 4 members (excludes halogenated alkanes) is 9. The van der Waals surface area contributed by atoms with Crippen LogP contribution in [0.2, 0.25) is 0 Å². The van der Waals surface area contributed by atoms with Crippen molar-refractivity contribution < 1.29 is 13.0 Å². The highest BCUT2D eigenvalue weighted by atomic mass is 32.2. The van der Waals surface area contributed by atoms with Gasteiger partial charge in [-0.25, -0.2) is 0 Å². The van der Waals surface area contributed by atoms with Gasteiger partial charge < -0.3 is 4.57 Å². The molecule has 1 aromatic rings. The Morgan fingerprint density at radius 2 is 1.39 bits per heavy atom. The number of aryl methyl sites for hydroxylation is 2. The van der Waals surface area contributed by atoms with Crippen LogP contribution < -0.4 is 0 Å². The fourth-order valence-corrected chi connectivity index (χ4v) is 2.52. The van der Waals surface area contributed by atoms with Gasteiger partial charge in [-0.2, -0.15) is 8.42 Å². The second-order valence-electron chi connectivity index (χ2n) is 6.26. The molecule has 0 spiro atoms. The third kappa shape index (κ3) is 17.4. The van der Waals surface area contributed by atoms with Crippen molar-refractivity contribution in [2.24, 2.45) is 0 Å². The van der Waals surface area contributed by atoms with Crippen LogP contribution in [0.25, 0.3) is 0 Å². The van der Waals surface area contributed by atoms with Crippen LogP contribution in [-0.4, -0.2) is 23.8 Å². The Bertz CT molecular complexity index is 472. The van der Waals surface area contributed by atoms with Gasteiger partial charge in [-0.05, 0) is 25.5 Å². The van der Waals surface area contributed by atoms with Crippen LogP contribution in [0.3, 0.4) is 0 Å². The van der Waals surface area contributed by atoms with Gasteiger partial charge in [-0.1, -0.05) is 64.7 Å². The van der Waals surface area contributed by atoms with Crippen molar-refractivity contribution in [1.82, 2.24) is 4.57 Å². The lowest BCUT2D eigenvalue weighted by molar-refractivity contribution is 0.490. The maximum atomic E-state index is 9.19. The zero-order valence-electron chi connectivity index (χ0n) is 15.1. The molecule has 4 nitrogen and oxygen atoms in total. The molecule has 0 bridgehead atoms. The molecule has 5 heteroatoms. The van der Waals surface area contributed by atoms with E-state index in [4.69, 9.17) is 4.55 Å². The summed E-state index contributed by atoms with van der Waals surface area (Å²) in [6, 6.07) is 4.34. The van der Waals surface area contributed by atoms with E-state index in [-0.39, 0.29) is 0 Å². The fourth-order valence-electron chi connectivity index (χ4n) is 2.52. The Morgan fingerprint density at radius 1 is 0.957 bits per heavy atom. The number of nitrogens with zero attached hydrogens (tertiary/aromatic N) is 1. The first-order chi connectivity index (χ1) is 10.8. The molecule has 0 fully saturated rings. The highest BCUT2D eigenvalue weighted by molar-refractivity contribution is 7.85. The van der Waals surface area contributed by atoms with Crippen molar-refractivity contribution in [2.75, 3.05) is 6.26 Å². The predicted molar refractivity (Wildman–Crippen MR) is 98.5 cm³/mol. The van der Waals surface area contributed by atoms with Crippen LogP contribution in [0.4, 0.5) is 0 Å². The van der Waals surface area contributed by atoms with Crippen molar-refractivity contribution in [2.45, 2.75) is 84.6 Å². The molecule has 0 aliphatic rings. The topological polar surface area (TPSA) is 59.3 Å². The average molecular weight is 346 g/mol. The molecule has 1 aromatic heterocycles. The Kier molecular flexibility index (Phi) is 13.1. The van der Waals surface area contributed by atoms with E-state index in [2.05, 4.69) is 36.7 Å². The second kappa shape index (κ2) is 13.6. The van der Waals surface area contributed by atoms with E-state index in [0.717, 1.165) is 0 Å². The first-order valence-electron chi connectivity index (χ1n) is 8.88. The van der Waals surface area contributed by atoms with Crippen LogP contribution in [-0.2, 0) is 16.7 Å². The van der Waals surface area contributed by atoms with Gasteiger partial charge in [0, 0.05) is 18.4 Å². The Balaban J connectivity index is 0.000000841. The lowest BCUT2D eigenvalue weighted by Crippen LogP contribution is -1.97. The van der Waals surface area contributed by atoms with Gasteiger partial charge in [0.15, 0.2) is 0 Å². The van der Waals surface area contributed by atoms with Crippen molar-refractivity contribution in [3.63, 3.8) is 0 Å². The van der Waals surface area contributed by atoms with Crippen molar-refractivity contribution in [3.05, 3.63) is 24.0 Å². The van der Waals surface area contributed by atoms with E-state index < -0.39 is 10.1 Å². The molecule has 1 N–H and O–H groups in total. The minimum Gasteiger partial charge on any atom is -0.352 e. The number of rotatable bonds is 11. The quantitative estimate of drug-likeness (QED) is 0.442. The molecular formula is C18H35NO3S. The van der Waals surface area contributed by atoms with Crippen LogP contribution in [0.5, 0.6) is 0 Å². The largest absolute Gasteiger partial charge is 0.352 e. The summed E-state index contributed by atoms with van der Waals surface area (Å²) in [4.78, 5) is 0. The SMILES string of the molecule is CCCCCCCCCCCCn1cccc1C.CS(=O)(=O)O. The first-order valence-corrected chi connectivity index (χ1v) is 10.7. The normalized spacial score (nSPS) is 11.1. The standard InChI is InChI=1S/C17H31N.CH4O3S/c1-3-4-5-6-7-8-9-10-11-12-15-18-16-13-14-17(18)2;1-5(2,3)4/h13-14,16H,3-12,15H2,1-2H3;1H3,(H,2,3,4). The minimum atomic E-state index is -3.67. The predicted octanol–water partition coefficient (Wildman–Crippen LogP) is 5.22. The Morgan fingerprint density at radius 3 is 1.78 bits per heavy atom. The summed E-state index contributed by atoms with van der Waals surface area (Å²) in [5, 5.41) is 0.